The molecule has 1 amide bonds. The molecule has 0 rings (SSSR count). The van der Waals surface area contributed by atoms with Crippen LogP contribution in [0.25, 0.3) is 0 Å². The third kappa shape index (κ3) is 15.3. The molecule has 0 bridgehead atoms. The Balaban J connectivity index is 3.01. The number of ether oxygens (including phenoxy) is 3. The summed E-state index contributed by atoms with van der Waals surface area (Å²) in [5, 5.41) is 2.85. The van der Waals surface area contributed by atoms with Gasteiger partial charge < -0.3 is 19.5 Å². The molecule has 0 radical (unpaired) electrons. The number of hydrogen-bond acceptors (Lipinski definition) is 4. The fourth-order valence-corrected chi connectivity index (χ4v) is 1.40. The Labute approximate surface area is 117 Å². The lowest BCUT2D eigenvalue weighted by atomic mass is 10.3. The Morgan fingerprint density at radius 3 is 2.00 bits per heavy atom. The van der Waals surface area contributed by atoms with E-state index in [2.05, 4.69) is 12.2 Å². The van der Waals surface area contributed by atoms with Crippen LogP contribution < -0.4 is 5.32 Å². The van der Waals surface area contributed by atoms with Gasteiger partial charge in [0.1, 0.15) is 0 Å². The summed E-state index contributed by atoms with van der Waals surface area (Å²) in [7, 11) is 0. The summed E-state index contributed by atoms with van der Waals surface area (Å²) >= 11 is 0. The van der Waals surface area contributed by atoms with E-state index >= 15 is 0 Å². The summed E-state index contributed by atoms with van der Waals surface area (Å²) in [5.41, 5.74) is 0. The van der Waals surface area contributed by atoms with Crippen LogP contribution in [-0.2, 0) is 19.0 Å². The number of carbonyl (C=O) groups is 1. The predicted molar refractivity (Wildman–Crippen MR) is 75.3 cm³/mol. The second-order valence-electron chi connectivity index (χ2n) is 4.29. The number of rotatable bonds is 14. The summed E-state index contributed by atoms with van der Waals surface area (Å²) in [6, 6.07) is 0. The lowest BCUT2D eigenvalue weighted by molar-refractivity contribution is -0.121. The van der Waals surface area contributed by atoms with E-state index in [1.165, 1.54) is 0 Å². The Hall–Kier alpha value is -0.650. The predicted octanol–water partition coefficient (Wildman–Crippen LogP) is 1.75. The van der Waals surface area contributed by atoms with Crippen molar-refractivity contribution in [2.45, 2.75) is 39.5 Å². The second kappa shape index (κ2) is 15.4. The van der Waals surface area contributed by atoms with E-state index in [4.69, 9.17) is 14.2 Å². The van der Waals surface area contributed by atoms with Gasteiger partial charge in [-0.15, -0.1) is 0 Å². The van der Waals surface area contributed by atoms with Crippen LogP contribution in [0.4, 0.5) is 0 Å². The SMILES string of the molecule is CCCOCCOCCOCCCNC(=O)CCC. The lowest BCUT2D eigenvalue weighted by Crippen LogP contribution is -2.24. The molecule has 5 heteroatoms. The first-order valence-corrected chi connectivity index (χ1v) is 7.31. The first-order valence-electron chi connectivity index (χ1n) is 7.31. The summed E-state index contributed by atoms with van der Waals surface area (Å²) in [4.78, 5) is 11.1. The molecule has 0 saturated carbocycles. The third-order valence-corrected chi connectivity index (χ3v) is 2.36. The maximum atomic E-state index is 11.1. The molecule has 0 aliphatic rings. The van der Waals surface area contributed by atoms with Gasteiger partial charge in [0.25, 0.3) is 0 Å². The fourth-order valence-electron chi connectivity index (χ4n) is 1.40. The van der Waals surface area contributed by atoms with Gasteiger partial charge in [-0.05, 0) is 19.3 Å². The smallest absolute Gasteiger partial charge is 0.219 e. The van der Waals surface area contributed by atoms with Crippen LogP contribution in [-0.4, -0.2) is 52.1 Å². The van der Waals surface area contributed by atoms with Crippen LogP contribution in [0, 0.1) is 0 Å². The van der Waals surface area contributed by atoms with E-state index in [1.54, 1.807) is 0 Å². The molecule has 0 aliphatic carbocycles. The zero-order valence-corrected chi connectivity index (χ0v) is 12.4. The molecular weight excluding hydrogens is 246 g/mol. The van der Waals surface area contributed by atoms with Gasteiger partial charge in [0.15, 0.2) is 0 Å². The van der Waals surface area contributed by atoms with Gasteiger partial charge in [-0.1, -0.05) is 13.8 Å². The van der Waals surface area contributed by atoms with Crippen LogP contribution in [0.2, 0.25) is 0 Å². The molecule has 1 N–H and O–H groups in total. The molecule has 19 heavy (non-hydrogen) atoms. The van der Waals surface area contributed by atoms with Gasteiger partial charge in [0, 0.05) is 26.2 Å². The Morgan fingerprint density at radius 2 is 1.42 bits per heavy atom. The van der Waals surface area contributed by atoms with Crippen LogP contribution in [0.1, 0.15) is 39.5 Å². The molecule has 0 unspecified atom stereocenters. The normalized spacial score (nSPS) is 10.6. The maximum Gasteiger partial charge on any atom is 0.219 e. The molecule has 0 aromatic rings. The number of hydrogen-bond donors (Lipinski definition) is 1. The van der Waals surface area contributed by atoms with Crippen molar-refractivity contribution >= 4 is 5.91 Å². The van der Waals surface area contributed by atoms with E-state index in [1.807, 2.05) is 6.92 Å². The number of nitrogens with one attached hydrogen (secondary N) is 1. The van der Waals surface area contributed by atoms with Gasteiger partial charge in [-0.2, -0.15) is 0 Å². The minimum atomic E-state index is 0.123. The van der Waals surface area contributed by atoms with Crippen molar-refractivity contribution in [2.75, 3.05) is 46.2 Å². The molecular formula is C14H29NO4. The molecule has 0 spiro atoms. The molecule has 114 valence electrons. The maximum absolute atomic E-state index is 11.1. The highest BCUT2D eigenvalue weighted by Gasteiger charge is 1.97. The Bertz CT molecular complexity index is 200. The van der Waals surface area contributed by atoms with Gasteiger partial charge >= 0.3 is 0 Å². The topological polar surface area (TPSA) is 56.8 Å². The zero-order valence-electron chi connectivity index (χ0n) is 12.4. The van der Waals surface area contributed by atoms with Crippen molar-refractivity contribution < 1.29 is 19.0 Å². The van der Waals surface area contributed by atoms with Crippen molar-refractivity contribution in [3.05, 3.63) is 0 Å². The highest BCUT2D eigenvalue weighted by atomic mass is 16.5. The van der Waals surface area contributed by atoms with Crippen LogP contribution in [0.3, 0.4) is 0 Å². The largest absolute Gasteiger partial charge is 0.379 e. The summed E-state index contributed by atoms with van der Waals surface area (Å²) in [6.07, 6.45) is 3.38. The standard InChI is InChI=1S/C14H29NO4/c1-3-6-14(16)15-7-5-9-18-11-13-19-12-10-17-8-4-2/h3-13H2,1-2H3,(H,15,16). The molecule has 0 aliphatic heterocycles. The van der Waals surface area contributed by atoms with Crippen molar-refractivity contribution in [3.8, 4) is 0 Å². The first kappa shape index (κ1) is 18.4. The monoisotopic (exact) mass is 275 g/mol. The van der Waals surface area contributed by atoms with Crippen LogP contribution in [0.15, 0.2) is 0 Å². The molecule has 0 aromatic heterocycles. The van der Waals surface area contributed by atoms with E-state index in [0.717, 1.165) is 25.9 Å². The van der Waals surface area contributed by atoms with Gasteiger partial charge in [-0.3, -0.25) is 4.79 Å². The van der Waals surface area contributed by atoms with Gasteiger partial charge in [0.05, 0.1) is 26.4 Å². The quantitative estimate of drug-likeness (QED) is 0.491. The zero-order chi connectivity index (χ0) is 14.2. The minimum Gasteiger partial charge on any atom is -0.379 e. The third-order valence-electron chi connectivity index (χ3n) is 2.36. The van der Waals surface area contributed by atoms with Crippen LogP contribution in [0.5, 0.6) is 0 Å². The van der Waals surface area contributed by atoms with E-state index < -0.39 is 0 Å². The molecule has 5 nitrogen and oxygen atoms in total. The second-order valence-corrected chi connectivity index (χ2v) is 4.29. The molecule has 0 saturated heterocycles. The van der Waals surface area contributed by atoms with Gasteiger partial charge in [0.2, 0.25) is 5.91 Å². The van der Waals surface area contributed by atoms with Crippen molar-refractivity contribution in [1.29, 1.82) is 0 Å². The molecule has 0 heterocycles. The highest BCUT2D eigenvalue weighted by molar-refractivity contribution is 5.75. The van der Waals surface area contributed by atoms with Crippen molar-refractivity contribution in [2.24, 2.45) is 0 Å². The minimum absolute atomic E-state index is 0.123. The van der Waals surface area contributed by atoms with E-state index in [-0.39, 0.29) is 5.91 Å². The summed E-state index contributed by atoms with van der Waals surface area (Å²) in [6.45, 7) is 8.67. The highest BCUT2D eigenvalue weighted by Crippen LogP contribution is 1.87. The number of amides is 1. The molecule has 0 aromatic carbocycles. The number of carbonyl (C=O) groups excluding carboxylic acids is 1. The van der Waals surface area contributed by atoms with Crippen LogP contribution >= 0.6 is 0 Å². The summed E-state index contributed by atoms with van der Waals surface area (Å²) < 4.78 is 16.0. The van der Waals surface area contributed by atoms with Gasteiger partial charge in [-0.25, -0.2) is 0 Å². The van der Waals surface area contributed by atoms with Crippen molar-refractivity contribution in [3.63, 3.8) is 0 Å². The first-order chi connectivity index (χ1) is 9.31. The van der Waals surface area contributed by atoms with E-state index in [0.29, 0.717) is 46.0 Å². The lowest BCUT2D eigenvalue weighted by Gasteiger charge is -2.07. The molecule has 0 fully saturated rings. The Kier molecular flexibility index (Phi) is 14.9. The average Bonchev–Trinajstić information content (AvgIpc) is 2.40. The average molecular weight is 275 g/mol. The summed E-state index contributed by atoms with van der Waals surface area (Å²) in [5.74, 6) is 0.123. The molecule has 0 atom stereocenters. The van der Waals surface area contributed by atoms with Crippen molar-refractivity contribution in [1.82, 2.24) is 5.32 Å². The van der Waals surface area contributed by atoms with E-state index in [9.17, 15) is 4.79 Å². The fraction of sp³-hybridized carbons (Fsp3) is 0.929. The Morgan fingerprint density at radius 1 is 0.842 bits per heavy atom.